The van der Waals surface area contributed by atoms with E-state index in [4.69, 9.17) is 0 Å². The Morgan fingerprint density at radius 1 is 1.75 bits per heavy atom. The fourth-order valence-corrected chi connectivity index (χ4v) is 0.364. The Morgan fingerprint density at radius 2 is 2.38 bits per heavy atom. The minimum atomic E-state index is -0.136. The van der Waals surface area contributed by atoms with Crippen LogP contribution in [0.3, 0.4) is 0 Å². The second kappa shape index (κ2) is 4.62. The van der Waals surface area contributed by atoms with Crippen LogP contribution in [-0.4, -0.2) is 13.1 Å². The van der Waals surface area contributed by atoms with Gasteiger partial charge in [0, 0.05) is 6.42 Å². The van der Waals surface area contributed by atoms with Crippen molar-refractivity contribution in [3.8, 4) is 0 Å². The summed E-state index contributed by atoms with van der Waals surface area (Å²) in [6, 6.07) is 0. The molecule has 0 aromatic heterocycles. The first-order valence-electron chi connectivity index (χ1n) is 2.66. The minimum absolute atomic E-state index is 0.136. The molecule has 0 amide bonds. The monoisotopic (exact) mass is 115 g/mol. The smallest absolute Gasteiger partial charge is 0.305 e. The second-order valence-electron chi connectivity index (χ2n) is 1.52. The molecular weight excluding hydrogens is 104 g/mol. The van der Waals surface area contributed by atoms with Gasteiger partial charge in [0.15, 0.2) is 0 Å². The van der Waals surface area contributed by atoms with Crippen molar-refractivity contribution < 1.29 is 9.53 Å². The molecule has 1 radical (unpaired) electrons. The van der Waals surface area contributed by atoms with E-state index in [1.807, 2.05) is 13.3 Å². The summed E-state index contributed by atoms with van der Waals surface area (Å²) in [4.78, 5) is 10.3. The summed E-state index contributed by atoms with van der Waals surface area (Å²) in [6.07, 6.45) is 3.26. The van der Waals surface area contributed by atoms with E-state index in [0.29, 0.717) is 6.42 Å². The molecule has 0 aliphatic rings. The molecule has 0 aromatic carbocycles. The van der Waals surface area contributed by atoms with Gasteiger partial charge in [0.05, 0.1) is 7.11 Å². The van der Waals surface area contributed by atoms with Crippen LogP contribution in [0.4, 0.5) is 0 Å². The number of carbonyl (C=O) groups excluding carboxylic acids is 1. The fraction of sp³-hybridized carbons (Fsp3) is 0.667. The Bertz CT molecular complexity index is 68.9. The van der Waals surface area contributed by atoms with Crippen molar-refractivity contribution >= 4 is 5.97 Å². The van der Waals surface area contributed by atoms with Crippen molar-refractivity contribution in [1.82, 2.24) is 0 Å². The molecule has 0 N–H and O–H groups in total. The fourth-order valence-electron chi connectivity index (χ4n) is 0.364. The lowest BCUT2D eigenvalue weighted by molar-refractivity contribution is -0.140. The average molecular weight is 115 g/mol. The van der Waals surface area contributed by atoms with Gasteiger partial charge in [-0.3, -0.25) is 4.79 Å². The predicted octanol–water partition coefficient (Wildman–Crippen LogP) is 1.16. The van der Waals surface area contributed by atoms with Gasteiger partial charge in [-0.2, -0.15) is 0 Å². The maximum Gasteiger partial charge on any atom is 0.305 e. The topological polar surface area (TPSA) is 26.3 Å². The highest BCUT2D eigenvalue weighted by atomic mass is 16.5. The first-order chi connectivity index (χ1) is 3.81. The predicted molar refractivity (Wildman–Crippen MR) is 31.2 cm³/mol. The van der Waals surface area contributed by atoms with E-state index in [0.717, 1.165) is 6.42 Å². The van der Waals surface area contributed by atoms with Crippen LogP contribution in [0.5, 0.6) is 0 Å². The molecule has 0 unspecified atom stereocenters. The van der Waals surface area contributed by atoms with Crippen LogP contribution < -0.4 is 0 Å². The van der Waals surface area contributed by atoms with Crippen LogP contribution in [-0.2, 0) is 9.53 Å². The van der Waals surface area contributed by atoms with E-state index in [2.05, 4.69) is 4.74 Å². The van der Waals surface area contributed by atoms with E-state index in [1.54, 1.807) is 0 Å². The van der Waals surface area contributed by atoms with Crippen LogP contribution >= 0.6 is 0 Å². The minimum Gasteiger partial charge on any atom is -0.469 e. The van der Waals surface area contributed by atoms with Gasteiger partial charge >= 0.3 is 5.97 Å². The number of unbranched alkanes of at least 4 members (excludes halogenated alkanes) is 1. The summed E-state index contributed by atoms with van der Waals surface area (Å²) < 4.78 is 4.39. The van der Waals surface area contributed by atoms with Crippen molar-refractivity contribution in [3.63, 3.8) is 0 Å². The number of carbonyl (C=O) groups is 1. The molecular formula is C6H11O2. The Labute approximate surface area is 49.8 Å². The van der Waals surface area contributed by atoms with Gasteiger partial charge in [-0.25, -0.2) is 0 Å². The molecule has 0 fully saturated rings. The molecule has 8 heavy (non-hydrogen) atoms. The molecule has 0 aliphatic carbocycles. The summed E-state index contributed by atoms with van der Waals surface area (Å²) in [5.41, 5.74) is 0. The molecule has 0 aliphatic heterocycles. The summed E-state index contributed by atoms with van der Waals surface area (Å²) in [6.45, 7) is 1.92. The standard InChI is InChI=1S/C6H11O2/c1-3-4-5-6(7)8-2/h3H,4-5H2,1-2H3. The zero-order chi connectivity index (χ0) is 6.41. The number of hydrogen-bond donors (Lipinski definition) is 0. The van der Waals surface area contributed by atoms with Crippen LogP contribution in [0.25, 0.3) is 0 Å². The molecule has 0 rings (SSSR count). The van der Waals surface area contributed by atoms with Crippen molar-refractivity contribution in [2.45, 2.75) is 19.8 Å². The van der Waals surface area contributed by atoms with Gasteiger partial charge in [0.25, 0.3) is 0 Å². The maximum absolute atomic E-state index is 10.3. The third kappa shape index (κ3) is 3.65. The molecule has 0 heterocycles. The second-order valence-corrected chi connectivity index (χ2v) is 1.52. The molecule has 0 atom stereocenters. The Hall–Kier alpha value is -0.530. The van der Waals surface area contributed by atoms with E-state index >= 15 is 0 Å². The number of methoxy groups -OCH3 is 1. The summed E-state index contributed by atoms with van der Waals surface area (Å²) in [5.74, 6) is -0.136. The zero-order valence-corrected chi connectivity index (χ0v) is 5.31. The summed E-state index contributed by atoms with van der Waals surface area (Å²) >= 11 is 0. The van der Waals surface area contributed by atoms with Crippen LogP contribution in [0, 0.1) is 6.42 Å². The highest BCUT2D eigenvalue weighted by Gasteiger charge is 1.95. The lowest BCUT2D eigenvalue weighted by Crippen LogP contribution is -1.98. The summed E-state index contributed by atoms with van der Waals surface area (Å²) in [5, 5.41) is 0. The molecule has 0 spiro atoms. The third-order valence-electron chi connectivity index (χ3n) is 0.865. The number of hydrogen-bond acceptors (Lipinski definition) is 2. The van der Waals surface area contributed by atoms with E-state index < -0.39 is 0 Å². The number of esters is 1. The van der Waals surface area contributed by atoms with Gasteiger partial charge in [-0.1, -0.05) is 6.92 Å². The largest absolute Gasteiger partial charge is 0.469 e. The Morgan fingerprint density at radius 3 is 2.75 bits per heavy atom. The van der Waals surface area contributed by atoms with E-state index in [-0.39, 0.29) is 5.97 Å². The molecule has 2 heteroatoms. The SMILES string of the molecule is C[CH]CCC(=O)OC. The Kier molecular flexibility index (Phi) is 4.32. The molecule has 0 saturated heterocycles. The first kappa shape index (κ1) is 7.47. The van der Waals surface area contributed by atoms with Crippen LogP contribution in [0.1, 0.15) is 19.8 Å². The van der Waals surface area contributed by atoms with Gasteiger partial charge in [-0.15, -0.1) is 0 Å². The van der Waals surface area contributed by atoms with E-state index in [9.17, 15) is 4.79 Å². The van der Waals surface area contributed by atoms with Gasteiger partial charge in [0.1, 0.15) is 0 Å². The highest BCUT2D eigenvalue weighted by molar-refractivity contribution is 5.69. The molecule has 0 bridgehead atoms. The Balaban J connectivity index is 2.99. The maximum atomic E-state index is 10.3. The zero-order valence-electron chi connectivity index (χ0n) is 5.31. The number of rotatable bonds is 3. The first-order valence-corrected chi connectivity index (χ1v) is 2.66. The third-order valence-corrected chi connectivity index (χ3v) is 0.865. The quantitative estimate of drug-likeness (QED) is 0.516. The molecule has 47 valence electrons. The van der Waals surface area contributed by atoms with Gasteiger partial charge in [-0.05, 0) is 12.8 Å². The summed E-state index contributed by atoms with van der Waals surface area (Å²) in [7, 11) is 1.40. The van der Waals surface area contributed by atoms with Crippen molar-refractivity contribution in [1.29, 1.82) is 0 Å². The molecule has 0 aromatic rings. The lowest BCUT2D eigenvalue weighted by Gasteiger charge is -1.93. The van der Waals surface area contributed by atoms with Crippen LogP contribution in [0.2, 0.25) is 0 Å². The van der Waals surface area contributed by atoms with Crippen molar-refractivity contribution in [3.05, 3.63) is 6.42 Å². The highest BCUT2D eigenvalue weighted by Crippen LogP contribution is 1.92. The van der Waals surface area contributed by atoms with Crippen molar-refractivity contribution in [2.24, 2.45) is 0 Å². The van der Waals surface area contributed by atoms with Gasteiger partial charge < -0.3 is 4.74 Å². The van der Waals surface area contributed by atoms with Crippen LogP contribution in [0.15, 0.2) is 0 Å². The normalized spacial score (nSPS) is 8.75. The number of ether oxygens (including phenoxy) is 1. The molecule has 2 nitrogen and oxygen atoms in total. The van der Waals surface area contributed by atoms with E-state index in [1.165, 1.54) is 7.11 Å². The lowest BCUT2D eigenvalue weighted by atomic mass is 10.3. The molecule has 0 saturated carbocycles. The van der Waals surface area contributed by atoms with Gasteiger partial charge in [0.2, 0.25) is 0 Å². The van der Waals surface area contributed by atoms with Crippen molar-refractivity contribution in [2.75, 3.05) is 7.11 Å². The average Bonchev–Trinajstić information content (AvgIpc) is 1.83.